The van der Waals surface area contributed by atoms with Crippen LogP contribution in [0.4, 0.5) is 0 Å². The van der Waals surface area contributed by atoms with E-state index in [1.54, 1.807) is 0 Å². The number of nitrogens with zero attached hydrogens (tertiary/aromatic N) is 3. The van der Waals surface area contributed by atoms with Crippen molar-refractivity contribution in [1.29, 1.82) is 0 Å². The van der Waals surface area contributed by atoms with Crippen molar-refractivity contribution >= 4 is 21.7 Å². The first-order valence-electron chi connectivity index (χ1n) is 14.4. The predicted octanol–water partition coefficient (Wildman–Crippen LogP) is 10.1. The molecule has 0 radical (unpaired) electrons. The summed E-state index contributed by atoms with van der Waals surface area (Å²) < 4.78 is 0. The first kappa shape index (κ1) is 25.8. The Morgan fingerprint density at radius 3 is 2.05 bits per heavy atom. The van der Waals surface area contributed by atoms with Gasteiger partial charge < -0.3 is 0 Å². The van der Waals surface area contributed by atoms with Gasteiger partial charge in [0.2, 0.25) is 0 Å². The van der Waals surface area contributed by atoms with Gasteiger partial charge in [0, 0.05) is 34.6 Å². The lowest BCUT2D eigenvalue weighted by Gasteiger charge is -2.16. The van der Waals surface area contributed by atoms with Crippen LogP contribution in [-0.2, 0) is 0 Å². The number of aryl methyl sites for hydroxylation is 4. The fraction of sp³-hybridized carbons (Fsp3) is 0.103. The van der Waals surface area contributed by atoms with Crippen LogP contribution in [-0.4, -0.2) is 15.0 Å². The zero-order valence-corrected chi connectivity index (χ0v) is 24.3. The van der Waals surface area contributed by atoms with Crippen LogP contribution in [0.3, 0.4) is 0 Å². The van der Waals surface area contributed by atoms with Crippen molar-refractivity contribution in [1.82, 2.24) is 15.0 Å². The molecule has 7 aromatic rings. The van der Waals surface area contributed by atoms with E-state index in [1.807, 2.05) is 24.5 Å². The maximum atomic E-state index is 5.00. The third-order valence-electron chi connectivity index (χ3n) is 8.14. The van der Waals surface area contributed by atoms with Gasteiger partial charge in [-0.05, 0) is 132 Å². The van der Waals surface area contributed by atoms with Gasteiger partial charge in [-0.3, -0.25) is 15.0 Å². The van der Waals surface area contributed by atoms with Gasteiger partial charge in [-0.25, -0.2) is 0 Å². The Kier molecular flexibility index (Phi) is 6.36. The number of hydrogen-bond acceptors (Lipinski definition) is 3. The van der Waals surface area contributed by atoms with Crippen molar-refractivity contribution in [3.63, 3.8) is 0 Å². The molecule has 0 spiro atoms. The van der Waals surface area contributed by atoms with Crippen molar-refractivity contribution in [2.45, 2.75) is 27.7 Å². The molecule has 0 unspecified atom stereocenters. The highest BCUT2D eigenvalue weighted by Crippen LogP contribution is 2.40. The van der Waals surface area contributed by atoms with Gasteiger partial charge in [0.05, 0.1) is 16.9 Å². The van der Waals surface area contributed by atoms with Gasteiger partial charge in [0.1, 0.15) is 0 Å². The maximum absolute atomic E-state index is 5.00. The van der Waals surface area contributed by atoms with Crippen molar-refractivity contribution < 1.29 is 0 Å². The first-order valence-corrected chi connectivity index (χ1v) is 14.4. The van der Waals surface area contributed by atoms with Crippen LogP contribution in [0.2, 0.25) is 0 Å². The molecular weight excluding hydrogens is 510 g/mol. The minimum Gasteiger partial charge on any atom is -0.256 e. The zero-order chi connectivity index (χ0) is 28.8. The van der Waals surface area contributed by atoms with Gasteiger partial charge >= 0.3 is 0 Å². The average Bonchev–Trinajstić information content (AvgIpc) is 3.02. The van der Waals surface area contributed by atoms with Crippen LogP contribution in [0.1, 0.15) is 22.4 Å². The smallest absolute Gasteiger partial charge is 0.0734 e. The van der Waals surface area contributed by atoms with E-state index in [-0.39, 0.29) is 0 Å². The Bertz CT molecular complexity index is 2140. The second kappa shape index (κ2) is 10.4. The van der Waals surface area contributed by atoms with E-state index in [0.29, 0.717) is 0 Å². The molecule has 0 saturated carbocycles. The standard InChI is InChI=1S/C39H31N3/c1-24-15-17-41-37(18-24)28-14-12-25(2)35(22-28)29-19-30(21-31(20-29)39-26(3)11-13-27(4)42-39)36-23-38-34(10-7-16-40-38)32-8-5-6-9-33(32)36/h5-23H,1-4H3. The fourth-order valence-corrected chi connectivity index (χ4v) is 5.95. The molecule has 0 aliphatic carbocycles. The largest absolute Gasteiger partial charge is 0.256 e. The SMILES string of the molecule is Cc1ccnc(-c2ccc(C)c(-c3cc(-c4nc(C)ccc4C)cc(-c4cc5ncccc5c5ccccc45)c3)c2)c1. The molecular formula is C39H31N3. The van der Waals surface area contributed by atoms with Gasteiger partial charge in [-0.15, -0.1) is 0 Å². The Morgan fingerprint density at radius 2 is 1.21 bits per heavy atom. The molecule has 4 aromatic carbocycles. The van der Waals surface area contributed by atoms with Crippen molar-refractivity contribution in [3.05, 3.63) is 138 Å². The van der Waals surface area contributed by atoms with E-state index in [2.05, 4.69) is 124 Å². The summed E-state index contributed by atoms with van der Waals surface area (Å²) in [6.07, 6.45) is 3.75. The van der Waals surface area contributed by atoms with Crippen LogP contribution < -0.4 is 0 Å². The van der Waals surface area contributed by atoms with Crippen LogP contribution in [0.25, 0.3) is 66.4 Å². The number of rotatable bonds is 4. The van der Waals surface area contributed by atoms with E-state index >= 15 is 0 Å². The van der Waals surface area contributed by atoms with Gasteiger partial charge in [-0.2, -0.15) is 0 Å². The highest BCUT2D eigenvalue weighted by atomic mass is 14.7. The van der Waals surface area contributed by atoms with E-state index in [4.69, 9.17) is 9.97 Å². The summed E-state index contributed by atoms with van der Waals surface area (Å²) >= 11 is 0. The number of fused-ring (bicyclic) bond motifs is 3. The maximum Gasteiger partial charge on any atom is 0.0734 e. The minimum absolute atomic E-state index is 0.982. The van der Waals surface area contributed by atoms with E-state index in [0.717, 1.165) is 50.4 Å². The van der Waals surface area contributed by atoms with E-state index in [9.17, 15) is 0 Å². The summed E-state index contributed by atoms with van der Waals surface area (Å²) in [5.74, 6) is 0. The number of pyridine rings is 3. The molecule has 0 bridgehead atoms. The second-order valence-corrected chi connectivity index (χ2v) is 11.2. The highest BCUT2D eigenvalue weighted by Gasteiger charge is 2.15. The Morgan fingerprint density at radius 1 is 0.476 bits per heavy atom. The van der Waals surface area contributed by atoms with Crippen molar-refractivity contribution in [2.24, 2.45) is 0 Å². The lowest BCUT2D eigenvalue weighted by Crippen LogP contribution is -1.95. The van der Waals surface area contributed by atoms with Crippen LogP contribution in [0.15, 0.2) is 116 Å². The molecule has 0 aliphatic rings. The summed E-state index contributed by atoms with van der Waals surface area (Å²) in [6, 6.07) is 37.0. The molecule has 0 fully saturated rings. The lowest BCUT2D eigenvalue weighted by molar-refractivity contribution is 1.18. The zero-order valence-electron chi connectivity index (χ0n) is 24.3. The van der Waals surface area contributed by atoms with E-state index in [1.165, 1.54) is 38.4 Å². The minimum atomic E-state index is 0.982. The van der Waals surface area contributed by atoms with Gasteiger partial charge in [-0.1, -0.05) is 48.5 Å². The number of aromatic nitrogens is 3. The van der Waals surface area contributed by atoms with Crippen LogP contribution in [0, 0.1) is 27.7 Å². The lowest BCUT2D eigenvalue weighted by atomic mass is 9.89. The fourth-order valence-electron chi connectivity index (χ4n) is 5.95. The summed E-state index contributed by atoms with van der Waals surface area (Å²) in [4.78, 5) is 14.4. The molecule has 3 heterocycles. The topological polar surface area (TPSA) is 38.7 Å². The molecule has 0 saturated heterocycles. The predicted molar refractivity (Wildman–Crippen MR) is 176 cm³/mol. The Hall–Kier alpha value is -5.15. The average molecular weight is 542 g/mol. The molecule has 42 heavy (non-hydrogen) atoms. The summed E-state index contributed by atoms with van der Waals surface area (Å²) in [5, 5.41) is 3.58. The van der Waals surface area contributed by atoms with E-state index < -0.39 is 0 Å². The Balaban J connectivity index is 1.52. The Labute approximate surface area is 246 Å². The van der Waals surface area contributed by atoms with Crippen molar-refractivity contribution in [2.75, 3.05) is 0 Å². The number of benzene rings is 4. The van der Waals surface area contributed by atoms with Crippen LogP contribution >= 0.6 is 0 Å². The van der Waals surface area contributed by atoms with Gasteiger partial charge in [0.25, 0.3) is 0 Å². The van der Waals surface area contributed by atoms with Crippen LogP contribution in [0.5, 0.6) is 0 Å². The molecule has 0 aliphatic heterocycles. The molecule has 3 nitrogen and oxygen atoms in total. The molecule has 3 heteroatoms. The monoisotopic (exact) mass is 541 g/mol. The highest BCUT2D eigenvalue weighted by molar-refractivity contribution is 6.13. The van der Waals surface area contributed by atoms with Crippen molar-refractivity contribution in [3.8, 4) is 44.8 Å². The normalized spacial score (nSPS) is 11.3. The van der Waals surface area contributed by atoms with Gasteiger partial charge in [0.15, 0.2) is 0 Å². The second-order valence-electron chi connectivity index (χ2n) is 11.2. The summed E-state index contributed by atoms with van der Waals surface area (Å²) in [6.45, 7) is 8.48. The molecule has 0 N–H and O–H groups in total. The third kappa shape index (κ3) is 4.63. The number of hydrogen-bond donors (Lipinski definition) is 0. The molecule has 0 atom stereocenters. The molecule has 3 aromatic heterocycles. The first-order chi connectivity index (χ1) is 20.4. The summed E-state index contributed by atoms with van der Waals surface area (Å²) in [5.41, 5.74) is 14.4. The quantitative estimate of drug-likeness (QED) is 0.208. The molecule has 7 rings (SSSR count). The molecule has 0 amide bonds. The summed E-state index contributed by atoms with van der Waals surface area (Å²) in [7, 11) is 0. The molecule has 202 valence electrons. The third-order valence-corrected chi connectivity index (χ3v) is 8.14.